The van der Waals surface area contributed by atoms with E-state index in [0.29, 0.717) is 22.4 Å². The van der Waals surface area contributed by atoms with Crippen LogP contribution in [0.5, 0.6) is 0 Å². The Morgan fingerprint density at radius 1 is 0.833 bits per heavy atom. The summed E-state index contributed by atoms with van der Waals surface area (Å²) in [5, 5.41) is 2.97. The van der Waals surface area contributed by atoms with E-state index in [-0.39, 0.29) is 5.91 Å². The molecule has 6 heteroatoms. The van der Waals surface area contributed by atoms with Crippen LogP contribution >= 0.6 is 0 Å². The number of nitrogens with one attached hydrogen (secondary N) is 1. The molecule has 0 saturated heterocycles. The van der Waals surface area contributed by atoms with Crippen molar-refractivity contribution in [3.8, 4) is 11.1 Å². The monoisotopic (exact) mass is 486 g/mol. The Morgan fingerprint density at radius 3 is 2.31 bits per heavy atom. The Hall–Kier alpha value is -3.90. The molecule has 0 fully saturated rings. The molecule has 1 amide bonds. The normalized spacial score (nSPS) is 13.8. The predicted molar refractivity (Wildman–Crippen MR) is 136 cm³/mol. The first-order chi connectivity index (χ1) is 17.4. The highest BCUT2D eigenvalue weighted by atomic mass is 19.4. The quantitative estimate of drug-likeness (QED) is 0.324. The first-order valence-electron chi connectivity index (χ1n) is 11.8. The molecule has 1 N–H and O–H groups in total. The molecule has 1 heterocycles. The van der Waals surface area contributed by atoms with Gasteiger partial charge in [-0.15, -0.1) is 0 Å². The third-order valence-electron chi connectivity index (χ3n) is 6.50. The molecule has 0 atom stereocenters. The number of hydrogen-bond donors (Lipinski definition) is 1. The maximum absolute atomic E-state index is 13.2. The van der Waals surface area contributed by atoms with E-state index < -0.39 is 11.7 Å². The first-order valence-corrected chi connectivity index (χ1v) is 11.8. The third-order valence-corrected chi connectivity index (χ3v) is 6.50. The van der Waals surface area contributed by atoms with Crippen molar-refractivity contribution in [3.05, 3.63) is 125 Å². The fourth-order valence-electron chi connectivity index (χ4n) is 4.64. The van der Waals surface area contributed by atoms with E-state index in [2.05, 4.69) is 40.5 Å². The van der Waals surface area contributed by atoms with Crippen molar-refractivity contribution in [1.29, 1.82) is 0 Å². The van der Waals surface area contributed by atoms with Crippen LogP contribution in [0.4, 0.5) is 18.9 Å². The van der Waals surface area contributed by atoms with Crippen molar-refractivity contribution < 1.29 is 18.0 Å². The number of rotatable bonds is 5. The highest BCUT2D eigenvalue weighted by Crippen LogP contribution is 2.32. The molecule has 0 aromatic heterocycles. The highest BCUT2D eigenvalue weighted by molar-refractivity contribution is 6.08. The van der Waals surface area contributed by atoms with Crippen molar-refractivity contribution in [2.75, 3.05) is 11.9 Å². The van der Waals surface area contributed by atoms with E-state index in [1.807, 2.05) is 18.2 Å². The summed E-state index contributed by atoms with van der Waals surface area (Å²) in [7, 11) is 0. The van der Waals surface area contributed by atoms with E-state index in [1.165, 1.54) is 28.8 Å². The van der Waals surface area contributed by atoms with Gasteiger partial charge in [0.1, 0.15) is 0 Å². The van der Waals surface area contributed by atoms with Gasteiger partial charge in [-0.05, 0) is 64.6 Å². The summed E-state index contributed by atoms with van der Waals surface area (Å²) in [5.74, 6) is -0.299. The standard InChI is InChI=1S/C30H25F3N2O/c31-30(32,33)25-13-10-22(11-14-25)27-8-4-5-9-28(27)29(36)34-26-15-12-24-20-35(17-16-23(24)18-26)19-21-6-2-1-3-7-21/h1-15,18H,16-17,19-20H2,(H,34,36). The third kappa shape index (κ3) is 5.34. The summed E-state index contributed by atoms with van der Waals surface area (Å²) in [4.78, 5) is 15.6. The Morgan fingerprint density at radius 2 is 1.56 bits per heavy atom. The molecule has 0 spiro atoms. The largest absolute Gasteiger partial charge is 0.416 e. The van der Waals surface area contributed by atoms with Crippen molar-refractivity contribution in [3.63, 3.8) is 0 Å². The smallest absolute Gasteiger partial charge is 0.322 e. The molecule has 182 valence electrons. The summed E-state index contributed by atoms with van der Waals surface area (Å²) in [6.07, 6.45) is -3.51. The van der Waals surface area contributed by atoms with Gasteiger partial charge in [0.25, 0.3) is 5.91 Å². The van der Waals surface area contributed by atoms with E-state index in [4.69, 9.17) is 0 Å². The Labute approximate surface area is 208 Å². The summed E-state index contributed by atoms with van der Waals surface area (Å²) in [5.41, 5.74) is 5.28. The average Bonchev–Trinajstić information content (AvgIpc) is 2.89. The average molecular weight is 487 g/mol. The number of benzene rings is 4. The SMILES string of the molecule is O=C(Nc1ccc2c(c1)CCN(Cc1ccccc1)C2)c1ccccc1-c1ccc(C(F)(F)F)cc1. The Kier molecular flexibility index (Phi) is 6.61. The number of amides is 1. The molecule has 0 bridgehead atoms. The highest BCUT2D eigenvalue weighted by Gasteiger charge is 2.30. The van der Waals surface area contributed by atoms with Crippen molar-refractivity contribution in [1.82, 2.24) is 4.90 Å². The lowest BCUT2D eigenvalue weighted by Gasteiger charge is -2.29. The number of carbonyl (C=O) groups excluding carboxylic acids is 1. The maximum atomic E-state index is 13.2. The summed E-state index contributed by atoms with van der Waals surface area (Å²) < 4.78 is 38.8. The van der Waals surface area contributed by atoms with Gasteiger partial charge in [0, 0.05) is 30.9 Å². The molecule has 36 heavy (non-hydrogen) atoms. The van der Waals surface area contributed by atoms with Gasteiger partial charge in [-0.3, -0.25) is 9.69 Å². The second kappa shape index (κ2) is 9.99. The number of anilines is 1. The van der Waals surface area contributed by atoms with Crippen LogP contribution in [-0.2, 0) is 25.7 Å². The van der Waals surface area contributed by atoms with Gasteiger partial charge in [0.15, 0.2) is 0 Å². The zero-order chi connectivity index (χ0) is 25.1. The fourth-order valence-corrected chi connectivity index (χ4v) is 4.64. The number of hydrogen-bond acceptors (Lipinski definition) is 2. The lowest BCUT2D eigenvalue weighted by molar-refractivity contribution is -0.137. The lowest BCUT2D eigenvalue weighted by atomic mass is 9.97. The number of alkyl halides is 3. The number of carbonyl (C=O) groups is 1. The summed E-state index contributed by atoms with van der Waals surface area (Å²) in [6, 6.07) is 28.2. The van der Waals surface area contributed by atoms with Crippen LogP contribution in [0.1, 0.15) is 32.6 Å². The molecule has 0 unspecified atom stereocenters. The summed E-state index contributed by atoms with van der Waals surface area (Å²) >= 11 is 0. The molecule has 1 aliphatic heterocycles. The van der Waals surface area contributed by atoms with Crippen LogP contribution in [0.2, 0.25) is 0 Å². The van der Waals surface area contributed by atoms with Crippen LogP contribution in [0.3, 0.4) is 0 Å². The topological polar surface area (TPSA) is 32.3 Å². The maximum Gasteiger partial charge on any atom is 0.416 e. The van der Waals surface area contributed by atoms with Crippen molar-refractivity contribution >= 4 is 11.6 Å². The second-order valence-electron chi connectivity index (χ2n) is 9.00. The minimum atomic E-state index is -4.40. The molecule has 4 aromatic carbocycles. The first kappa shape index (κ1) is 23.8. The zero-order valence-corrected chi connectivity index (χ0v) is 19.6. The number of nitrogens with zero attached hydrogens (tertiary/aromatic N) is 1. The van der Waals surface area contributed by atoms with E-state index in [9.17, 15) is 18.0 Å². The van der Waals surface area contributed by atoms with Crippen LogP contribution in [-0.4, -0.2) is 17.4 Å². The van der Waals surface area contributed by atoms with Crippen LogP contribution < -0.4 is 5.32 Å². The molecule has 4 aromatic rings. The van der Waals surface area contributed by atoms with E-state index in [1.54, 1.807) is 24.3 Å². The van der Waals surface area contributed by atoms with Crippen LogP contribution in [0.15, 0.2) is 97.1 Å². The molecule has 3 nitrogen and oxygen atoms in total. The minimum absolute atomic E-state index is 0.299. The predicted octanol–water partition coefficient (Wildman–Crippen LogP) is 7.18. The number of halogens is 3. The van der Waals surface area contributed by atoms with Crippen molar-refractivity contribution in [2.45, 2.75) is 25.7 Å². The molecule has 0 saturated carbocycles. The van der Waals surface area contributed by atoms with Gasteiger partial charge in [-0.2, -0.15) is 13.2 Å². The molecule has 5 rings (SSSR count). The van der Waals surface area contributed by atoms with Gasteiger partial charge < -0.3 is 5.32 Å². The zero-order valence-electron chi connectivity index (χ0n) is 19.6. The van der Waals surface area contributed by atoms with Gasteiger partial charge in [0.05, 0.1) is 5.56 Å². The van der Waals surface area contributed by atoms with Gasteiger partial charge >= 0.3 is 6.18 Å². The molecular formula is C30H25F3N2O. The van der Waals surface area contributed by atoms with E-state index in [0.717, 1.165) is 38.2 Å². The van der Waals surface area contributed by atoms with Gasteiger partial charge in [0.2, 0.25) is 0 Å². The minimum Gasteiger partial charge on any atom is -0.322 e. The van der Waals surface area contributed by atoms with Crippen molar-refractivity contribution in [2.24, 2.45) is 0 Å². The Balaban J connectivity index is 1.30. The fraction of sp³-hybridized carbons (Fsp3) is 0.167. The molecule has 1 aliphatic rings. The molecular weight excluding hydrogens is 461 g/mol. The van der Waals surface area contributed by atoms with Gasteiger partial charge in [-0.1, -0.05) is 66.7 Å². The molecule has 0 aliphatic carbocycles. The van der Waals surface area contributed by atoms with Crippen LogP contribution in [0.25, 0.3) is 11.1 Å². The van der Waals surface area contributed by atoms with Gasteiger partial charge in [-0.25, -0.2) is 0 Å². The second-order valence-corrected chi connectivity index (χ2v) is 9.00. The van der Waals surface area contributed by atoms with Crippen LogP contribution in [0, 0.1) is 0 Å². The number of fused-ring (bicyclic) bond motifs is 1. The van der Waals surface area contributed by atoms with E-state index >= 15 is 0 Å². The Bertz CT molecular complexity index is 1370. The molecule has 0 radical (unpaired) electrons. The summed E-state index contributed by atoms with van der Waals surface area (Å²) in [6.45, 7) is 2.70. The lowest BCUT2D eigenvalue weighted by Crippen LogP contribution is -2.30.